The Morgan fingerprint density at radius 2 is 1.70 bits per heavy atom. The Bertz CT molecular complexity index is 651. The van der Waals surface area contributed by atoms with Crippen LogP contribution in [0.4, 0.5) is 11.4 Å². The average Bonchev–Trinajstić information content (AvgIpc) is 2.48. The summed E-state index contributed by atoms with van der Waals surface area (Å²) in [7, 11) is 0. The number of carbonyl (C=O) groups is 1. The molecule has 0 bridgehead atoms. The van der Waals surface area contributed by atoms with Gasteiger partial charge in [-0.1, -0.05) is 42.5 Å². The van der Waals surface area contributed by atoms with E-state index in [4.69, 9.17) is 0 Å². The number of nitrogens with zero attached hydrogens (tertiary/aromatic N) is 1. The molecule has 5 nitrogen and oxygen atoms in total. The van der Waals surface area contributed by atoms with Gasteiger partial charge >= 0.3 is 0 Å². The van der Waals surface area contributed by atoms with Crippen LogP contribution in [-0.2, 0) is 0 Å². The Labute approximate surface area is 115 Å². The van der Waals surface area contributed by atoms with Crippen LogP contribution in [0, 0.1) is 10.1 Å². The maximum atomic E-state index is 11.8. The Morgan fingerprint density at radius 3 is 2.40 bits per heavy atom. The van der Waals surface area contributed by atoms with Crippen molar-refractivity contribution >= 4 is 17.2 Å². The first-order chi connectivity index (χ1) is 9.68. The van der Waals surface area contributed by atoms with Crippen LogP contribution >= 0.6 is 0 Å². The van der Waals surface area contributed by atoms with Crippen molar-refractivity contribution in [3.8, 4) is 0 Å². The Morgan fingerprint density at radius 1 is 1.05 bits per heavy atom. The van der Waals surface area contributed by atoms with Gasteiger partial charge in [-0.3, -0.25) is 14.9 Å². The molecular weight excluding hydrogens is 256 g/mol. The zero-order valence-corrected chi connectivity index (χ0v) is 10.5. The van der Waals surface area contributed by atoms with E-state index in [-0.39, 0.29) is 11.5 Å². The highest BCUT2D eigenvalue weighted by Crippen LogP contribution is 2.22. The topological polar surface area (TPSA) is 72.2 Å². The molecule has 0 amide bonds. The number of nitro groups is 1. The van der Waals surface area contributed by atoms with Gasteiger partial charge in [-0.15, -0.1) is 0 Å². The van der Waals surface area contributed by atoms with Crippen LogP contribution < -0.4 is 5.32 Å². The Kier molecular flexibility index (Phi) is 4.24. The molecule has 1 N–H and O–H groups in total. The van der Waals surface area contributed by atoms with Crippen LogP contribution in [0.1, 0.15) is 10.4 Å². The van der Waals surface area contributed by atoms with E-state index in [0.717, 1.165) is 0 Å². The second-order valence-electron chi connectivity index (χ2n) is 3.98. The van der Waals surface area contributed by atoms with E-state index in [9.17, 15) is 14.9 Å². The number of hydrogen-bond donors (Lipinski definition) is 1. The lowest BCUT2D eigenvalue weighted by molar-refractivity contribution is -0.383. The molecular formula is C15H12N2O3. The lowest BCUT2D eigenvalue weighted by Crippen LogP contribution is -1.98. The van der Waals surface area contributed by atoms with E-state index in [1.54, 1.807) is 42.5 Å². The van der Waals surface area contributed by atoms with Crippen molar-refractivity contribution in [3.63, 3.8) is 0 Å². The van der Waals surface area contributed by atoms with Gasteiger partial charge in [0.2, 0.25) is 0 Å². The number of allylic oxidation sites excluding steroid dienone is 1. The molecule has 0 radical (unpaired) electrons. The van der Waals surface area contributed by atoms with Crippen molar-refractivity contribution in [2.24, 2.45) is 0 Å². The predicted octanol–water partition coefficient (Wildman–Crippen LogP) is 3.40. The fraction of sp³-hybridized carbons (Fsp3) is 0. The first-order valence-corrected chi connectivity index (χ1v) is 5.94. The van der Waals surface area contributed by atoms with Gasteiger partial charge in [0.15, 0.2) is 5.78 Å². The lowest BCUT2D eigenvalue weighted by atomic mass is 10.1. The van der Waals surface area contributed by atoms with Gasteiger partial charge in [0.05, 0.1) is 4.92 Å². The number of nitrogens with one attached hydrogen (secondary N) is 1. The third kappa shape index (κ3) is 3.29. The minimum atomic E-state index is -0.477. The maximum Gasteiger partial charge on any atom is 0.292 e. The number of ketones is 1. The standard InChI is InChI=1S/C15H12N2O3/c18-15(12-6-2-1-3-7-12)10-11-16-13-8-4-5-9-14(13)17(19)20/h1-11,16H. The van der Waals surface area contributed by atoms with Crippen molar-refractivity contribution in [3.05, 3.63) is 82.6 Å². The smallest absolute Gasteiger partial charge is 0.292 e. The number of anilines is 1. The number of rotatable bonds is 5. The van der Waals surface area contributed by atoms with Crippen LogP contribution in [-0.4, -0.2) is 10.7 Å². The van der Waals surface area contributed by atoms with Gasteiger partial charge in [-0.2, -0.15) is 0 Å². The van der Waals surface area contributed by atoms with E-state index in [1.807, 2.05) is 6.07 Å². The maximum absolute atomic E-state index is 11.8. The molecule has 0 aliphatic carbocycles. The van der Waals surface area contributed by atoms with Gasteiger partial charge in [-0.05, 0) is 6.07 Å². The number of nitro benzene ring substituents is 1. The Balaban J connectivity index is 2.08. The summed E-state index contributed by atoms with van der Waals surface area (Å²) in [6, 6.07) is 15.0. The largest absolute Gasteiger partial charge is 0.356 e. The molecule has 0 saturated carbocycles. The van der Waals surface area contributed by atoms with Crippen LogP contribution in [0.15, 0.2) is 66.9 Å². The van der Waals surface area contributed by atoms with Crippen molar-refractivity contribution < 1.29 is 9.72 Å². The fourth-order valence-corrected chi connectivity index (χ4v) is 1.66. The normalized spacial score (nSPS) is 10.4. The quantitative estimate of drug-likeness (QED) is 0.390. The van der Waals surface area contributed by atoms with Gasteiger partial charge in [-0.25, -0.2) is 0 Å². The summed E-state index contributed by atoms with van der Waals surface area (Å²) in [5.74, 6) is -0.170. The molecule has 0 spiro atoms. The molecule has 0 atom stereocenters. The summed E-state index contributed by atoms with van der Waals surface area (Å²) in [5, 5.41) is 13.6. The number of benzene rings is 2. The first-order valence-electron chi connectivity index (χ1n) is 5.94. The third-order valence-electron chi connectivity index (χ3n) is 2.63. The molecule has 0 saturated heterocycles. The number of hydrogen-bond acceptors (Lipinski definition) is 4. The highest BCUT2D eigenvalue weighted by molar-refractivity contribution is 6.04. The minimum absolute atomic E-state index is 0.0377. The van der Waals surface area contributed by atoms with Crippen molar-refractivity contribution in [2.45, 2.75) is 0 Å². The number of carbonyl (C=O) groups excluding carboxylic acids is 1. The van der Waals surface area contributed by atoms with E-state index in [0.29, 0.717) is 11.3 Å². The molecule has 0 aliphatic rings. The molecule has 2 aromatic carbocycles. The summed E-state index contributed by atoms with van der Waals surface area (Å²) < 4.78 is 0. The zero-order valence-electron chi connectivity index (χ0n) is 10.5. The highest BCUT2D eigenvalue weighted by atomic mass is 16.6. The SMILES string of the molecule is O=C(C=CNc1ccccc1[N+](=O)[O-])c1ccccc1. The zero-order chi connectivity index (χ0) is 14.4. The van der Waals surface area contributed by atoms with E-state index in [1.165, 1.54) is 18.3 Å². The summed E-state index contributed by atoms with van der Waals surface area (Å²) >= 11 is 0. The summed E-state index contributed by atoms with van der Waals surface area (Å²) in [5.41, 5.74) is 0.868. The molecule has 0 unspecified atom stereocenters. The molecule has 0 fully saturated rings. The van der Waals surface area contributed by atoms with Crippen molar-refractivity contribution in [2.75, 3.05) is 5.32 Å². The first kappa shape index (κ1) is 13.5. The molecule has 0 heterocycles. The van der Waals surface area contributed by atoms with Crippen LogP contribution in [0.2, 0.25) is 0 Å². The van der Waals surface area contributed by atoms with Crippen LogP contribution in [0.3, 0.4) is 0 Å². The van der Waals surface area contributed by atoms with Crippen molar-refractivity contribution in [1.82, 2.24) is 0 Å². The van der Waals surface area contributed by atoms with Gasteiger partial charge in [0, 0.05) is 23.9 Å². The lowest BCUT2D eigenvalue weighted by Gasteiger charge is -2.01. The number of para-hydroxylation sites is 2. The second-order valence-corrected chi connectivity index (χ2v) is 3.98. The second kappa shape index (κ2) is 6.29. The molecule has 5 heteroatoms. The molecule has 0 aliphatic heterocycles. The minimum Gasteiger partial charge on any atom is -0.356 e. The monoisotopic (exact) mass is 268 g/mol. The van der Waals surface area contributed by atoms with E-state index >= 15 is 0 Å². The molecule has 2 aromatic rings. The van der Waals surface area contributed by atoms with E-state index < -0.39 is 4.92 Å². The van der Waals surface area contributed by atoms with Gasteiger partial charge in [0.25, 0.3) is 5.69 Å². The average molecular weight is 268 g/mol. The highest BCUT2D eigenvalue weighted by Gasteiger charge is 2.10. The molecule has 2 rings (SSSR count). The third-order valence-corrected chi connectivity index (χ3v) is 2.63. The summed E-state index contributed by atoms with van der Waals surface area (Å²) in [4.78, 5) is 22.1. The van der Waals surface area contributed by atoms with E-state index in [2.05, 4.69) is 5.32 Å². The van der Waals surface area contributed by atoms with Crippen molar-refractivity contribution in [1.29, 1.82) is 0 Å². The Hall–Kier alpha value is -2.95. The summed E-state index contributed by atoms with van der Waals surface area (Å²) in [6.07, 6.45) is 2.74. The van der Waals surface area contributed by atoms with Gasteiger partial charge in [0.1, 0.15) is 5.69 Å². The molecule has 20 heavy (non-hydrogen) atoms. The van der Waals surface area contributed by atoms with Gasteiger partial charge < -0.3 is 5.32 Å². The summed E-state index contributed by atoms with van der Waals surface area (Å²) in [6.45, 7) is 0. The molecule has 100 valence electrons. The molecule has 0 aromatic heterocycles. The fourth-order valence-electron chi connectivity index (χ4n) is 1.66. The van der Waals surface area contributed by atoms with Crippen LogP contribution in [0.25, 0.3) is 0 Å². The van der Waals surface area contributed by atoms with Crippen LogP contribution in [0.5, 0.6) is 0 Å². The predicted molar refractivity (Wildman–Crippen MR) is 76.6 cm³/mol.